The van der Waals surface area contributed by atoms with E-state index in [2.05, 4.69) is 38.3 Å². The van der Waals surface area contributed by atoms with E-state index in [-0.39, 0.29) is 39.8 Å². The van der Waals surface area contributed by atoms with Gasteiger partial charge in [-0.1, -0.05) is 53.7 Å². The van der Waals surface area contributed by atoms with Gasteiger partial charge >= 0.3 is 12.0 Å². The third kappa shape index (κ3) is 8.22. The van der Waals surface area contributed by atoms with Gasteiger partial charge in [0.1, 0.15) is 17.1 Å². The number of aromatic nitrogens is 2. The van der Waals surface area contributed by atoms with Crippen molar-refractivity contribution in [1.29, 1.82) is 0 Å². The Morgan fingerprint density at radius 2 is 1.57 bits per heavy atom. The largest absolute Gasteiger partial charge is 0.508 e. The Morgan fingerprint density at radius 1 is 0.879 bits per heavy atom. The molecule has 0 spiro atoms. The summed E-state index contributed by atoms with van der Waals surface area (Å²) in [6.07, 6.45) is 0. The number of fused-ring (bicyclic) bond motifs is 4. The van der Waals surface area contributed by atoms with Crippen LogP contribution in [-0.4, -0.2) is 59.6 Å². The molecule has 3 unspecified atom stereocenters. The lowest BCUT2D eigenvalue weighted by molar-refractivity contribution is 0.0697. The lowest BCUT2D eigenvalue weighted by Gasteiger charge is -2.19. The van der Waals surface area contributed by atoms with Gasteiger partial charge in [-0.05, 0) is 79.3 Å². The zero-order chi connectivity index (χ0) is 42.3. The molecule has 2 amide bonds. The first-order chi connectivity index (χ1) is 27.4. The van der Waals surface area contributed by atoms with E-state index in [0.717, 1.165) is 28.5 Å². The molecule has 2 aromatic heterocycles. The number of carboxylic acids is 1. The van der Waals surface area contributed by atoms with Crippen LogP contribution in [0.4, 0.5) is 4.79 Å². The number of carbonyl (C=O) groups is 2. The summed E-state index contributed by atoms with van der Waals surface area (Å²) in [6, 6.07) is 15.3. The molecule has 4 aromatic rings. The minimum Gasteiger partial charge on any atom is -0.508 e. The number of phenols is 1. The molecule has 12 nitrogen and oxygen atoms in total. The van der Waals surface area contributed by atoms with Gasteiger partial charge in [0.2, 0.25) is 0 Å². The number of urea groups is 1. The summed E-state index contributed by atoms with van der Waals surface area (Å²) < 4.78 is 8.87. The quantitative estimate of drug-likeness (QED) is 0.0925. The summed E-state index contributed by atoms with van der Waals surface area (Å²) in [5, 5.41) is 27.3. The van der Waals surface area contributed by atoms with Gasteiger partial charge in [-0.3, -0.25) is 18.9 Å². The fraction of sp³-hybridized carbons (Fsp3) is 0.386. The van der Waals surface area contributed by atoms with E-state index in [1.165, 1.54) is 28.8 Å². The Kier molecular flexibility index (Phi) is 12.4. The molecule has 1 aliphatic carbocycles. The number of hydrogen-bond acceptors (Lipinski definition) is 9. The van der Waals surface area contributed by atoms with Gasteiger partial charge in [-0.2, -0.15) is 28.0 Å². The number of benzene rings is 3. The van der Waals surface area contributed by atoms with Gasteiger partial charge in [-0.15, -0.1) is 0 Å². The van der Waals surface area contributed by atoms with Crippen LogP contribution in [0.3, 0.4) is 0 Å². The average Bonchev–Trinajstić information content (AvgIpc) is 3.86. The predicted molar refractivity (Wildman–Crippen MR) is 233 cm³/mol. The summed E-state index contributed by atoms with van der Waals surface area (Å²) in [5.41, 5.74) is 5.87. The Bertz CT molecular complexity index is 2660. The third-order valence-electron chi connectivity index (χ3n) is 10.7. The van der Waals surface area contributed by atoms with Gasteiger partial charge in [0, 0.05) is 62.2 Å². The van der Waals surface area contributed by atoms with E-state index in [0.29, 0.717) is 73.0 Å². The number of carboxylic acid groups (broad SMARTS) is 1. The normalized spacial score (nSPS) is 17.4. The van der Waals surface area contributed by atoms with Crippen LogP contribution in [0.2, 0.25) is 0 Å². The SMILES string of the molecule is CC(C)C1SCC2NC(=O)NC21.CC(C)c1ccc(-c2c3ccc(=O)cc-3oc3cc(O)ccc23)c(C(=O)O)c1.Cc1c(C)n2c(CSC(C)C)c(C)c(=O)n2c1=O. The molecule has 5 heterocycles. The zero-order valence-corrected chi connectivity index (χ0v) is 35.8. The second kappa shape index (κ2) is 16.9. The van der Waals surface area contributed by atoms with Crippen LogP contribution in [0.15, 0.2) is 73.4 Å². The highest BCUT2D eigenvalue weighted by Gasteiger charge is 2.44. The molecule has 3 atom stereocenters. The summed E-state index contributed by atoms with van der Waals surface area (Å²) in [4.78, 5) is 59.0. The zero-order valence-electron chi connectivity index (χ0n) is 34.1. The highest BCUT2D eigenvalue weighted by atomic mass is 32.2. The molecule has 58 heavy (non-hydrogen) atoms. The van der Waals surface area contributed by atoms with Gasteiger partial charge in [0.25, 0.3) is 11.1 Å². The van der Waals surface area contributed by atoms with E-state index in [1.54, 1.807) is 54.4 Å². The molecule has 0 saturated carbocycles. The topological polar surface area (TPSA) is 172 Å². The fourth-order valence-electron chi connectivity index (χ4n) is 7.47. The van der Waals surface area contributed by atoms with Gasteiger partial charge in [0.15, 0.2) is 5.43 Å². The lowest BCUT2D eigenvalue weighted by Crippen LogP contribution is -2.39. The van der Waals surface area contributed by atoms with E-state index in [1.807, 2.05) is 38.6 Å². The van der Waals surface area contributed by atoms with Crippen molar-refractivity contribution < 1.29 is 24.2 Å². The smallest absolute Gasteiger partial charge is 0.336 e. The lowest BCUT2D eigenvalue weighted by atomic mass is 9.88. The van der Waals surface area contributed by atoms with Crippen molar-refractivity contribution in [3.8, 4) is 28.2 Å². The summed E-state index contributed by atoms with van der Waals surface area (Å²) in [5.74, 6) is 1.98. The summed E-state index contributed by atoms with van der Waals surface area (Å²) in [7, 11) is 0. The van der Waals surface area contributed by atoms with Crippen LogP contribution in [0.1, 0.15) is 85.9 Å². The molecule has 8 rings (SSSR count). The second-order valence-corrected chi connectivity index (χ2v) is 18.5. The maximum absolute atomic E-state index is 12.1. The van der Waals surface area contributed by atoms with Crippen molar-refractivity contribution in [3.05, 3.63) is 119 Å². The van der Waals surface area contributed by atoms with Crippen LogP contribution in [0.5, 0.6) is 5.75 Å². The van der Waals surface area contributed by atoms with Crippen LogP contribution in [-0.2, 0) is 5.75 Å². The molecule has 0 radical (unpaired) electrons. The number of carbonyl (C=O) groups excluding carboxylic acids is 1. The standard InChI is InChI=1S/C23H18O5.C13H18N2O2S.C8H14N2OS/c1-12(2)13-3-6-16(19(9-13)23(26)27)22-17-7-4-14(24)10-20(17)28-21-11-15(25)5-8-18(21)22;1-7(2)18-6-11-9(4)13(17)15-12(16)8(3)10(5)14(11)15;1-4(2)7-6-5(3-12-7)9-8(11)10-6/h3-12,24H,1-2H3,(H,26,27);7H,6H2,1-5H3;4-7H,3H2,1-2H3,(H2,9,10,11). The summed E-state index contributed by atoms with van der Waals surface area (Å²) >= 11 is 3.74. The highest BCUT2D eigenvalue weighted by molar-refractivity contribution is 8.00. The number of aryl methyl sites for hydroxylation is 1. The molecule has 14 heteroatoms. The number of aromatic hydroxyl groups is 1. The number of nitrogens with one attached hydrogen (secondary N) is 2. The first kappa shape index (κ1) is 42.4. The number of hydrogen-bond donors (Lipinski definition) is 4. The van der Waals surface area contributed by atoms with Crippen molar-refractivity contribution in [2.75, 3.05) is 5.75 Å². The van der Waals surface area contributed by atoms with Crippen LogP contribution < -0.4 is 27.2 Å². The highest BCUT2D eigenvalue weighted by Crippen LogP contribution is 2.42. The van der Waals surface area contributed by atoms with Gasteiger partial charge < -0.3 is 25.3 Å². The van der Waals surface area contributed by atoms with Crippen molar-refractivity contribution in [2.45, 2.75) is 96.6 Å². The van der Waals surface area contributed by atoms with E-state index in [9.17, 15) is 34.2 Å². The van der Waals surface area contributed by atoms with Crippen molar-refractivity contribution in [2.24, 2.45) is 5.92 Å². The Balaban J connectivity index is 0.000000161. The van der Waals surface area contributed by atoms with E-state index in [4.69, 9.17) is 4.42 Å². The number of rotatable bonds is 7. The van der Waals surface area contributed by atoms with Crippen LogP contribution in [0.25, 0.3) is 33.4 Å². The molecule has 4 aliphatic rings. The van der Waals surface area contributed by atoms with Gasteiger partial charge in [0.05, 0.1) is 23.3 Å². The second-order valence-electron chi connectivity index (χ2n) is 15.7. The maximum atomic E-state index is 12.1. The van der Waals surface area contributed by atoms with E-state index >= 15 is 0 Å². The molecule has 2 fully saturated rings. The number of nitrogens with zero attached hydrogens (tertiary/aromatic N) is 2. The molecule has 306 valence electrons. The summed E-state index contributed by atoms with van der Waals surface area (Å²) in [6.45, 7) is 18.1. The molecule has 4 N–H and O–H groups in total. The number of thioether (sulfide) groups is 2. The van der Waals surface area contributed by atoms with Crippen LogP contribution >= 0.6 is 23.5 Å². The minimum absolute atomic E-state index is 0.0101. The Hall–Kier alpha value is -5.21. The van der Waals surface area contributed by atoms with Crippen molar-refractivity contribution >= 4 is 46.5 Å². The molecular formula is C44H50N4O8S2. The van der Waals surface area contributed by atoms with Gasteiger partial charge in [-0.25, -0.2) is 9.59 Å². The predicted octanol–water partition coefficient (Wildman–Crippen LogP) is 7.66. The molecule has 0 bridgehead atoms. The fourth-order valence-corrected chi connectivity index (χ4v) is 9.87. The van der Waals surface area contributed by atoms with Crippen LogP contribution in [0, 0.1) is 26.7 Å². The first-order valence-electron chi connectivity index (χ1n) is 19.3. The third-order valence-corrected chi connectivity index (χ3v) is 13.6. The van der Waals surface area contributed by atoms with Crippen molar-refractivity contribution in [3.63, 3.8) is 0 Å². The molecule has 2 saturated heterocycles. The number of amides is 2. The van der Waals surface area contributed by atoms with Crippen molar-refractivity contribution in [1.82, 2.24) is 19.7 Å². The maximum Gasteiger partial charge on any atom is 0.336 e. The monoisotopic (exact) mass is 826 g/mol. The molecular weight excluding hydrogens is 777 g/mol. The Labute approximate surface area is 344 Å². The molecule has 3 aliphatic heterocycles. The van der Waals surface area contributed by atoms with E-state index < -0.39 is 5.97 Å². The average molecular weight is 827 g/mol. The Morgan fingerprint density at radius 3 is 2.22 bits per heavy atom. The molecule has 2 aromatic carbocycles. The minimum atomic E-state index is -1.03. The number of aromatic carboxylic acids is 1. The first-order valence-corrected chi connectivity index (χ1v) is 21.4. The number of phenolic OH excluding ortho intramolecular Hbond substituents is 1.